The van der Waals surface area contributed by atoms with Gasteiger partial charge in [0.05, 0.1) is 18.3 Å². The number of hydrogen-bond donors (Lipinski definition) is 0. The van der Waals surface area contributed by atoms with Crippen LogP contribution in [0.4, 0.5) is 13.2 Å². The lowest BCUT2D eigenvalue weighted by Crippen LogP contribution is -2.46. The number of nitrogens with zero attached hydrogens (tertiary/aromatic N) is 3. The molecule has 0 bridgehead atoms. The summed E-state index contributed by atoms with van der Waals surface area (Å²) in [6.45, 7) is 1.14. The number of benzene rings is 1. The molecule has 0 radical (unpaired) electrons. The van der Waals surface area contributed by atoms with Crippen molar-refractivity contribution in [3.05, 3.63) is 53.3 Å². The quantitative estimate of drug-likeness (QED) is 0.852. The van der Waals surface area contributed by atoms with Gasteiger partial charge in [-0.3, -0.25) is 9.48 Å². The maximum atomic E-state index is 12.8. The Hall–Kier alpha value is -2.35. The standard InChI is InChI=1S/C17H18F3N3O2/c1-22-15(5-6-21-22)16(24)23-7-8-25-14(11-23)10-12-3-2-4-13(9-12)17(18,19)20/h2-6,9,14H,7-8,10-11H2,1H3/t14-/m0/s1. The van der Waals surface area contributed by atoms with Crippen LogP contribution in [0.5, 0.6) is 0 Å². The number of aromatic nitrogens is 2. The number of rotatable bonds is 3. The predicted octanol–water partition coefficient (Wildman–Crippen LogP) is 2.52. The fourth-order valence-electron chi connectivity index (χ4n) is 2.91. The third-order valence-electron chi connectivity index (χ3n) is 4.18. The molecule has 5 nitrogen and oxygen atoms in total. The van der Waals surface area contributed by atoms with Crippen LogP contribution in [-0.4, -0.2) is 46.4 Å². The largest absolute Gasteiger partial charge is 0.416 e. The van der Waals surface area contributed by atoms with Crippen molar-refractivity contribution in [2.45, 2.75) is 18.7 Å². The minimum absolute atomic E-state index is 0.155. The maximum Gasteiger partial charge on any atom is 0.416 e. The van der Waals surface area contributed by atoms with Gasteiger partial charge in [0.15, 0.2) is 0 Å². The first-order valence-corrected chi connectivity index (χ1v) is 7.89. The van der Waals surface area contributed by atoms with Crippen molar-refractivity contribution in [3.8, 4) is 0 Å². The lowest BCUT2D eigenvalue weighted by Gasteiger charge is -2.33. The minimum atomic E-state index is -4.37. The van der Waals surface area contributed by atoms with E-state index in [0.29, 0.717) is 37.4 Å². The molecule has 1 aromatic carbocycles. The van der Waals surface area contributed by atoms with Crippen LogP contribution < -0.4 is 0 Å². The fourth-order valence-corrected chi connectivity index (χ4v) is 2.91. The van der Waals surface area contributed by atoms with Crippen molar-refractivity contribution in [2.24, 2.45) is 7.05 Å². The van der Waals surface area contributed by atoms with E-state index in [1.807, 2.05) is 0 Å². The molecule has 8 heteroatoms. The van der Waals surface area contributed by atoms with Gasteiger partial charge in [0.1, 0.15) is 5.69 Å². The van der Waals surface area contributed by atoms with E-state index in [4.69, 9.17) is 4.74 Å². The van der Waals surface area contributed by atoms with Crippen LogP contribution in [0.2, 0.25) is 0 Å². The first kappa shape index (κ1) is 17.5. The molecule has 1 aliphatic heterocycles. The van der Waals surface area contributed by atoms with Crippen molar-refractivity contribution in [1.82, 2.24) is 14.7 Å². The predicted molar refractivity (Wildman–Crippen MR) is 84.0 cm³/mol. The smallest absolute Gasteiger partial charge is 0.374 e. The average molecular weight is 353 g/mol. The van der Waals surface area contributed by atoms with Gasteiger partial charge in [-0.1, -0.05) is 18.2 Å². The lowest BCUT2D eigenvalue weighted by atomic mass is 10.0. The second-order valence-corrected chi connectivity index (χ2v) is 5.99. The second kappa shape index (κ2) is 6.87. The summed E-state index contributed by atoms with van der Waals surface area (Å²) in [5.74, 6) is -0.155. The molecule has 1 fully saturated rings. The van der Waals surface area contributed by atoms with Crippen LogP contribution in [0.25, 0.3) is 0 Å². The summed E-state index contributed by atoms with van der Waals surface area (Å²) in [4.78, 5) is 14.2. The van der Waals surface area contributed by atoms with Gasteiger partial charge in [-0.25, -0.2) is 0 Å². The van der Waals surface area contributed by atoms with Gasteiger partial charge in [-0.15, -0.1) is 0 Å². The van der Waals surface area contributed by atoms with E-state index >= 15 is 0 Å². The van der Waals surface area contributed by atoms with Gasteiger partial charge >= 0.3 is 6.18 Å². The maximum absolute atomic E-state index is 12.8. The summed E-state index contributed by atoms with van der Waals surface area (Å²) >= 11 is 0. The van der Waals surface area contributed by atoms with Crippen LogP contribution in [0, 0.1) is 0 Å². The molecular weight excluding hydrogens is 335 g/mol. The van der Waals surface area contributed by atoms with Crippen LogP contribution in [0.1, 0.15) is 21.6 Å². The van der Waals surface area contributed by atoms with E-state index in [9.17, 15) is 18.0 Å². The van der Waals surface area contributed by atoms with Gasteiger partial charge in [0, 0.05) is 32.8 Å². The van der Waals surface area contributed by atoms with Crippen molar-refractivity contribution in [3.63, 3.8) is 0 Å². The number of halogens is 3. The number of carbonyl (C=O) groups is 1. The summed E-state index contributed by atoms with van der Waals surface area (Å²) in [6, 6.07) is 6.84. The van der Waals surface area contributed by atoms with Crippen LogP contribution in [-0.2, 0) is 24.4 Å². The molecule has 1 atom stereocenters. The SMILES string of the molecule is Cn1nccc1C(=O)N1CCO[C@@H](Cc2cccc(C(F)(F)F)c2)C1. The Morgan fingerprint density at radius 3 is 2.84 bits per heavy atom. The zero-order valence-corrected chi connectivity index (χ0v) is 13.7. The molecule has 25 heavy (non-hydrogen) atoms. The highest BCUT2D eigenvalue weighted by Crippen LogP contribution is 2.30. The Balaban J connectivity index is 1.68. The van der Waals surface area contributed by atoms with Crippen molar-refractivity contribution in [1.29, 1.82) is 0 Å². The van der Waals surface area contributed by atoms with E-state index in [1.54, 1.807) is 30.3 Å². The molecule has 2 aromatic rings. The molecular formula is C17H18F3N3O2. The monoisotopic (exact) mass is 353 g/mol. The van der Waals surface area contributed by atoms with Gasteiger partial charge in [0.2, 0.25) is 0 Å². The fraction of sp³-hybridized carbons (Fsp3) is 0.412. The highest BCUT2D eigenvalue weighted by atomic mass is 19.4. The van der Waals surface area contributed by atoms with Crippen molar-refractivity contribution in [2.75, 3.05) is 19.7 Å². The van der Waals surface area contributed by atoms with Gasteiger partial charge in [0.25, 0.3) is 5.91 Å². The van der Waals surface area contributed by atoms with E-state index in [0.717, 1.165) is 12.1 Å². The highest BCUT2D eigenvalue weighted by Gasteiger charge is 2.31. The molecule has 1 aromatic heterocycles. The second-order valence-electron chi connectivity index (χ2n) is 5.99. The minimum Gasteiger partial charge on any atom is -0.374 e. The summed E-state index contributed by atoms with van der Waals surface area (Å²) in [7, 11) is 1.69. The summed E-state index contributed by atoms with van der Waals surface area (Å²) in [5.41, 5.74) is 0.331. The Kier molecular flexibility index (Phi) is 4.80. The van der Waals surface area contributed by atoms with E-state index in [2.05, 4.69) is 5.10 Å². The number of amides is 1. The molecule has 1 saturated heterocycles. The number of morpholine rings is 1. The molecule has 0 unspecified atom stereocenters. The normalized spacial score (nSPS) is 18.4. The first-order valence-electron chi connectivity index (χ1n) is 7.89. The van der Waals surface area contributed by atoms with E-state index < -0.39 is 11.7 Å². The zero-order chi connectivity index (χ0) is 18.0. The number of alkyl halides is 3. The number of carbonyl (C=O) groups excluding carboxylic acids is 1. The van der Waals surface area contributed by atoms with E-state index in [1.165, 1.54) is 10.7 Å². The van der Waals surface area contributed by atoms with E-state index in [-0.39, 0.29) is 12.0 Å². The summed E-state index contributed by atoms with van der Waals surface area (Å²) in [6.07, 6.45) is -2.84. The third kappa shape index (κ3) is 4.01. The molecule has 134 valence electrons. The molecule has 2 heterocycles. The number of hydrogen-bond acceptors (Lipinski definition) is 3. The Morgan fingerprint density at radius 1 is 1.36 bits per heavy atom. The molecule has 0 aliphatic carbocycles. The zero-order valence-electron chi connectivity index (χ0n) is 13.7. The van der Waals surface area contributed by atoms with Crippen LogP contribution in [0.15, 0.2) is 36.5 Å². The molecule has 1 aliphatic rings. The number of aryl methyl sites for hydroxylation is 1. The Bertz CT molecular complexity index is 758. The summed E-state index contributed by atoms with van der Waals surface area (Å²) < 4.78 is 45.6. The van der Waals surface area contributed by atoms with Gasteiger partial charge in [-0.2, -0.15) is 18.3 Å². The Morgan fingerprint density at radius 2 is 2.16 bits per heavy atom. The topological polar surface area (TPSA) is 47.4 Å². The lowest BCUT2D eigenvalue weighted by molar-refractivity contribution is -0.137. The van der Waals surface area contributed by atoms with Crippen molar-refractivity contribution >= 4 is 5.91 Å². The third-order valence-corrected chi connectivity index (χ3v) is 4.18. The highest BCUT2D eigenvalue weighted by molar-refractivity contribution is 5.92. The van der Waals surface area contributed by atoms with Gasteiger partial charge in [-0.05, 0) is 17.7 Å². The molecule has 0 spiro atoms. The first-order chi connectivity index (χ1) is 11.8. The van der Waals surface area contributed by atoms with Crippen LogP contribution in [0.3, 0.4) is 0 Å². The van der Waals surface area contributed by atoms with Crippen LogP contribution >= 0.6 is 0 Å². The average Bonchev–Trinajstić information content (AvgIpc) is 3.00. The summed E-state index contributed by atoms with van der Waals surface area (Å²) in [5, 5.41) is 3.98. The van der Waals surface area contributed by atoms with Crippen molar-refractivity contribution < 1.29 is 22.7 Å². The molecule has 0 N–H and O–H groups in total. The molecule has 1 amide bonds. The number of ether oxygens (including phenoxy) is 1. The Labute approximate surface area is 143 Å². The van der Waals surface area contributed by atoms with Gasteiger partial charge < -0.3 is 9.64 Å². The molecule has 3 rings (SSSR count). The molecule has 0 saturated carbocycles.